The van der Waals surface area contributed by atoms with Crippen LogP contribution in [0.2, 0.25) is 0 Å². The van der Waals surface area contributed by atoms with Crippen LogP contribution in [-0.4, -0.2) is 12.1 Å². The molecule has 0 aliphatic carbocycles. The van der Waals surface area contributed by atoms with Crippen LogP contribution in [0.4, 0.5) is 0 Å². The van der Waals surface area contributed by atoms with Gasteiger partial charge in [-0.15, -0.1) is 0 Å². The van der Waals surface area contributed by atoms with E-state index in [1.54, 1.807) is 0 Å². The van der Waals surface area contributed by atoms with Crippen LogP contribution >= 0.6 is 0 Å². The maximum Gasteiger partial charge on any atom is 0.0648 e. The van der Waals surface area contributed by atoms with Gasteiger partial charge in [0.2, 0.25) is 0 Å². The minimum atomic E-state index is 0.242. The van der Waals surface area contributed by atoms with Crippen molar-refractivity contribution in [1.82, 2.24) is 10.6 Å². The van der Waals surface area contributed by atoms with Gasteiger partial charge in [0.1, 0.15) is 0 Å². The van der Waals surface area contributed by atoms with Crippen LogP contribution in [0.25, 0.3) is 0 Å². The summed E-state index contributed by atoms with van der Waals surface area (Å²) in [6.45, 7) is 20.2. The minimum Gasteiger partial charge on any atom is -0.381 e. The van der Waals surface area contributed by atoms with E-state index in [9.17, 15) is 0 Å². The second-order valence-corrected chi connectivity index (χ2v) is 4.36. The molecule has 0 radical (unpaired) electrons. The van der Waals surface area contributed by atoms with Gasteiger partial charge in [0.15, 0.2) is 0 Å². The van der Waals surface area contributed by atoms with E-state index in [0.717, 1.165) is 29.8 Å². The van der Waals surface area contributed by atoms with E-state index in [1.165, 1.54) is 0 Å². The normalized spacial score (nSPS) is 13.8. The van der Waals surface area contributed by atoms with Crippen LogP contribution in [-0.2, 0) is 0 Å². The maximum absolute atomic E-state index is 4.09. The van der Waals surface area contributed by atoms with E-state index in [2.05, 4.69) is 44.2 Å². The Morgan fingerprint density at radius 1 is 0.938 bits per heavy atom. The van der Waals surface area contributed by atoms with E-state index < -0.39 is 0 Å². The number of hydrogen-bond acceptors (Lipinski definition) is 2. The smallest absolute Gasteiger partial charge is 0.0648 e. The molecule has 0 amide bonds. The highest BCUT2D eigenvalue weighted by Crippen LogP contribution is 2.09. The van der Waals surface area contributed by atoms with E-state index in [0.29, 0.717) is 6.04 Å². The van der Waals surface area contributed by atoms with Crippen molar-refractivity contribution < 1.29 is 0 Å². The third-order valence-corrected chi connectivity index (χ3v) is 2.61. The topological polar surface area (TPSA) is 24.1 Å². The van der Waals surface area contributed by atoms with E-state index in [1.807, 2.05) is 13.8 Å². The fourth-order valence-corrected chi connectivity index (χ4v) is 1.63. The zero-order valence-electron chi connectivity index (χ0n) is 11.2. The lowest BCUT2D eigenvalue weighted by atomic mass is 10.1. The Labute approximate surface area is 101 Å². The molecule has 0 rings (SSSR count). The van der Waals surface area contributed by atoms with E-state index >= 15 is 0 Å². The summed E-state index contributed by atoms with van der Waals surface area (Å²) in [6.07, 6.45) is 2.02. The molecule has 0 bridgehead atoms. The number of nitrogens with one attached hydrogen (secondary N) is 2. The molecule has 2 atom stereocenters. The molecule has 0 saturated heterocycles. The summed E-state index contributed by atoms with van der Waals surface area (Å²) in [6, 6.07) is 0.555. The van der Waals surface area contributed by atoms with Crippen molar-refractivity contribution in [3.8, 4) is 0 Å². The van der Waals surface area contributed by atoms with Gasteiger partial charge in [0, 0.05) is 17.4 Å². The molecule has 0 aliphatic rings. The molecule has 0 saturated carbocycles. The van der Waals surface area contributed by atoms with Crippen LogP contribution < -0.4 is 10.6 Å². The highest BCUT2D eigenvalue weighted by atomic mass is 15.0. The Hall–Kier alpha value is -1.18. The SMILES string of the molecule is C=C(C)NC(CC)C(=C)NC(CC)C(=C)C. The lowest BCUT2D eigenvalue weighted by molar-refractivity contribution is 0.530. The predicted molar refractivity (Wildman–Crippen MR) is 73.2 cm³/mol. The van der Waals surface area contributed by atoms with Crippen molar-refractivity contribution in [2.75, 3.05) is 0 Å². The number of allylic oxidation sites excluding steroid dienone is 1. The van der Waals surface area contributed by atoms with Gasteiger partial charge in [0.25, 0.3) is 0 Å². The summed E-state index contributed by atoms with van der Waals surface area (Å²) in [5.74, 6) is 0. The van der Waals surface area contributed by atoms with Crippen LogP contribution in [0.5, 0.6) is 0 Å². The largest absolute Gasteiger partial charge is 0.381 e. The van der Waals surface area contributed by atoms with Crippen molar-refractivity contribution in [3.05, 3.63) is 36.7 Å². The lowest BCUT2D eigenvalue weighted by Crippen LogP contribution is -2.39. The summed E-state index contributed by atoms with van der Waals surface area (Å²) < 4.78 is 0. The second-order valence-electron chi connectivity index (χ2n) is 4.36. The zero-order valence-corrected chi connectivity index (χ0v) is 11.2. The fraction of sp³-hybridized carbons (Fsp3) is 0.571. The second kappa shape index (κ2) is 7.15. The average Bonchev–Trinajstić information content (AvgIpc) is 2.21. The van der Waals surface area contributed by atoms with Crippen LogP contribution in [0.15, 0.2) is 36.7 Å². The quantitative estimate of drug-likeness (QED) is 0.615. The Morgan fingerprint density at radius 2 is 1.44 bits per heavy atom. The van der Waals surface area contributed by atoms with Crippen LogP contribution in [0.3, 0.4) is 0 Å². The third kappa shape index (κ3) is 5.06. The van der Waals surface area contributed by atoms with Crippen molar-refractivity contribution >= 4 is 0 Å². The van der Waals surface area contributed by atoms with Gasteiger partial charge in [-0.25, -0.2) is 0 Å². The number of rotatable bonds is 8. The number of hydrogen-bond donors (Lipinski definition) is 2. The molecule has 0 aromatic heterocycles. The molecular weight excluding hydrogens is 196 g/mol. The first kappa shape index (κ1) is 14.8. The van der Waals surface area contributed by atoms with Gasteiger partial charge < -0.3 is 10.6 Å². The first-order chi connectivity index (χ1) is 7.42. The van der Waals surface area contributed by atoms with E-state index in [-0.39, 0.29) is 6.04 Å². The van der Waals surface area contributed by atoms with Gasteiger partial charge in [-0.2, -0.15) is 0 Å². The molecule has 0 spiro atoms. The van der Waals surface area contributed by atoms with Gasteiger partial charge in [-0.1, -0.05) is 39.2 Å². The summed E-state index contributed by atoms with van der Waals surface area (Å²) >= 11 is 0. The first-order valence-corrected chi connectivity index (χ1v) is 5.95. The Morgan fingerprint density at radius 3 is 1.75 bits per heavy atom. The molecule has 92 valence electrons. The molecule has 2 heteroatoms. The highest BCUT2D eigenvalue weighted by Gasteiger charge is 2.13. The first-order valence-electron chi connectivity index (χ1n) is 5.95. The molecule has 0 fully saturated rings. The fourth-order valence-electron chi connectivity index (χ4n) is 1.63. The highest BCUT2D eigenvalue weighted by molar-refractivity contribution is 5.12. The molecule has 0 heterocycles. The summed E-state index contributed by atoms with van der Waals surface area (Å²) in [7, 11) is 0. The summed E-state index contributed by atoms with van der Waals surface area (Å²) in [5.41, 5.74) is 3.13. The van der Waals surface area contributed by atoms with Gasteiger partial charge in [-0.3, -0.25) is 0 Å². The molecule has 0 aliphatic heterocycles. The molecule has 0 aromatic rings. The zero-order chi connectivity index (χ0) is 12.7. The lowest BCUT2D eigenvalue weighted by Gasteiger charge is -2.26. The Balaban J connectivity index is 4.40. The molecule has 2 nitrogen and oxygen atoms in total. The Bertz CT molecular complexity index is 266. The van der Waals surface area contributed by atoms with Gasteiger partial charge >= 0.3 is 0 Å². The summed E-state index contributed by atoms with van der Waals surface area (Å²) in [4.78, 5) is 0. The maximum atomic E-state index is 4.09. The van der Waals surface area contributed by atoms with Crippen molar-refractivity contribution in [3.63, 3.8) is 0 Å². The van der Waals surface area contributed by atoms with Gasteiger partial charge in [0.05, 0.1) is 6.04 Å². The Kier molecular flexibility index (Phi) is 6.63. The predicted octanol–water partition coefficient (Wildman–Crippen LogP) is 3.35. The monoisotopic (exact) mass is 222 g/mol. The van der Waals surface area contributed by atoms with Crippen molar-refractivity contribution in [1.29, 1.82) is 0 Å². The standard InChI is InChI=1S/C14H26N2/c1-8-13(10(3)4)16-12(7)14(9-2)15-11(5)6/h13-16H,3,5,7-9H2,1-2,4,6H3. The molecule has 16 heavy (non-hydrogen) atoms. The van der Waals surface area contributed by atoms with Gasteiger partial charge in [-0.05, 0) is 26.7 Å². The molecule has 2 unspecified atom stereocenters. The molecule has 2 N–H and O–H groups in total. The third-order valence-electron chi connectivity index (χ3n) is 2.61. The van der Waals surface area contributed by atoms with Crippen molar-refractivity contribution in [2.45, 2.75) is 52.6 Å². The average molecular weight is 222 g/mol. The van der Waals surface area contributed by atoms with Crippen molar-refractivity contribution in [2.24, 2.45) is 0 Å². The van der Waals surface area contributed by atoms with Crippen LogP contribution in [0.1, 0.15) is 40.5 Å². The molecule has 0 aromatic carbocycles. The van der Waals surface area contributed by atoms with Crippen LogP contribution in [0, 0.1) is 0 Å². The molecular formula is C14H26N2. The van der Waals surface area contributed by atoms with E-state index in [4.69, 9.17) is 0 Å². The summed E-state index contributed by atoms with van der Waals surface area (Å²) in [5, 5.41) is 6.74. The minimum absolute atomic E-state index is 0.242.